The number of rotatable bonds is 7. The first-order chi connectivity index (χ1) is 9.29. The van der Waals surface area contributed by atoms with Gasteiger partial charge in [-0.25, -0.2) is 0 Å². The van der Waals surface area contributed by atoms with Gasteiger partial charge in [-0.05, 0) is 50.6 Å². The molecule has 0 aromatic rings. The Morgan fingerprint density at radius 2 is 2.00 bits per heavy atom. The van der Waals surface area contributed by atoms with Gasteiger partial charge in [-0.1, -0.05) is 32.6 Å². The number of hydrogen-bond donors (Lipinski definition) is 2. The summed E-state index contributed by atoms with van der Waals surface area (Å²) in [4.78, 5) is 12.2. The van der Waals surface area contributed by atoms with Gasteiger partial charge in [-0.3, -0.25) is 4.79 Å². The monoisotopic (exact) mass is 302 g/mol. The summed E-state index contributed by atoms with van der Waals surface area (Å²) in [5.74, 6) is 2.15. The predicted molar refractivity (Wildman–Crippen MR) is 86.2 cm³/mol. The van der Waals surface area contributed by atoms with Crippen molar-refractivity contribution >= 4 is 18.3 Å². The maximum atomic E-state index is 12.2. The lowest BCUT2D eigenvalue weighted by Crippen LogP contribution is -2.33. The quantitative estimate of drug-likeness (QED) is 0.758. The zero-order valence-corrected chi connectivity index (χ0v) is 13.6. The summed E-state index contributed by atoms with van der Waals surface area (Å²) in [5, 5.41) is 6.55. The molecule has 3 nitrogen and oxygen atoms in total. The summed E-state index contributed by atoms with van der Waals surface area (Å²) in [6.45, 7) is 5.31. The molecule has 0 radical (unpaired) electrons. The van der Waals surface area contributed by atoms with E-state index in [2.05, 4.69) is 17.6 Å². The minimum atomic E-state index is 0. The molecule has 0 spiro atoms. The van der Waals surface area contributed by atoms with Crippen LogP contribution in [-0.4, -0.2) is 25.5 Å². The second-order valence-electron chi connectivity index (χ2n) is 6.43. The summed E-state index contributed by atoms with van der Waals surface area (Å²) in [5.41, 5.74) is 0. The maximum absolute atomic E-state index is 12.2. The van der Waals surface area contributed by atoms with Gasteiger partial charge < -0.3 is 10.6 Å². The molecule has 0 aromatic carbocycles. The van der Waals surface area contributed by atoms with Crippen molar-refractivity contribution in [1.82, 2.24) is 10.6 Å². The molecule has 118 valence electrons. The predicted octanol–water partition coefficient (Wildman–Crippen LogP) is 3.13. The Labute approximate surface area is 130 Å². The van der Waals surface area contributed by atoms with E-state index in [0.717, 1.165) is 50.7 Å². The fourth-order valence-electron chi connectivity index (χ4n) is 3.61. The topological polar surface area (TPSA) is 41.1 Å². The molecule has 1 aliphatic carbocycles. The van der Waals surface area contributed by atoms with Crippen molar-refractivity contribution in [2.75, 3.05) is 19.6 Å². The van der Waals surface area contributed by atoms with E-state index in [1.54, 1.807) is 0 Å². The molecule has 4 heteroatoms. The first kappa shape index (κ1) is 17.8. The average molecular weight is 303 g/mol. The van der Waals surface area contributed by atoms with Crippen LogP contribution in [0.2, 0.25) is 0 Å². The van der Waals surface area contributed by atoms with Crippen molar-refractivity contribution in [1.29, 1.82) is 0 Å². The first-order valence-electron chi connectivity index (χ1n) is 8.28. The molecule has 2 N–H and O–H groups in total. The molecule has 2 rings (SSSR count). The fraction of sp³-hybridized carbons (Fsp3) is 0.938. The standard InChI is InChI=1S/C16H30N2O.ClH/c1-2-15(11-13-5-3-4-6-13)16(19)18-10-8-14-7-9-17-12-14;/h13-15,17H,2-12H2,1H3,(H,18,19);1H. The summed E-state index contributed by atoms with van der Waals surface area (Å²) in [6.07, 6.45) is 9.96. The maximum Gasteiger partial charge on any atom is 0.223 e. The molecule has 1 saturated heterocycles. The van der Waals surface area contributed by atoms with E-state index < -0.39 is 0 Å². The molecule has 1 heterocycles. The van der Waals surface area contributed by atoms with Crippen molar-refractivity contribution in [3.8, 4) is 0 Å². The van der Waals surface area contributed by atoms with Crippen LogP contribution in [0, 0.1) is 17.8 Å². The van der Waals surface area contributed by atoms with Gasteiger partial charge in [0.1, 0.15) is 0 Å². The Morgan fingerprint density at radius 1 is 1.25 bits per heavy atom. The van der Waals surface area contributed by atoms with Crippen LogP contribution in [0.3, 0.4) is 0 Å². The fourth-order valence-corrected chi connectivity index (χ4v) is 3.61. The van der Waals surface area contributed by atoms with Gasteiger partial charge in [0.2, 0.25) is 5.91 Å². The molecule has 2 unspecified atom stereocenters. The molecule has 20 heavy (non-hydrogen) atoms. The van der Waals surface area contributed by atoms with E-state index in [4.69, 9.17) is 0 Å². The van der Waals surface area contributed by atoms with Gasteiger partial charge >= 0.3 is 0 Å². The van der Waals surface area contributed by atoms with Gasteiger partial charge in [0, 0.05) is 12.5 Å². The zero-order chi connectivity index (χ0) is 13.5. The third-order valence-electron chi connectivity index (χ3n) is 4.97. The molecular formula is C16H31ClN2O. The Morgan fingerprint density at radius 3 is 2.60 bits per heavy atom. The minimum Gasteiger partial charge on any atom is -0.356 e. The second kappa shape index (κ2) is 9.62. The van der Waals surface area contributed by atoms with Gasteiger partial charge in [0.05, 0.1) is 0 Å². The zero-order valence-electron chi connectivity index (χ0n) is 12.8. The molecule has 1 aliphatic heterocycles. The number of nitrogens with one attached hydrogen (secondary N) is 2. The van der Waals surface area contributed by atoms with Gasteiger partial charge in [0.15, 0.2) is 0 Å². The summed E-state index contributed by atoms with van der Waals surface area (Å²) < 4.78 is 0. The number of hydrogen-bond acceptors (Lipinski definition) is 2. The summed E-state index contributed by atoms with van der Waals surface area (Å²) in [6, 6.07) is 0. The van der Waals surface area contributed by atoms with Crippen molar-refractivity contribution in [3.05, 3.63) is 0 Å². The molecule has 1 amide bonds. The van der Waals surface area contributed by atoms with E-state index in [-0.39, 0.29) is 18.3 Å². The molecule has 0 aromatic heterocycles. The number of carbonyl (C=O) groups is 1. The van der Waals surface area contributed by atoms with Crippen molar-refractivity contribution < 1.29 is 4.79 Å². The van der Waals surface area contributed by atoms with Crippen LogP contribution in [0.4, 0.5) is 0 Å². The Kier molecular flexibility index (Phi) is 8.55. The van der Waals surface area contributed by atoms with Crippen molar-refractivity contribution in [3.63, 3.8) is 0 Å². The van der Waals surface area contributed by atoms with Gasteiger partial charge in [0.25, 0.3) is 0 Å². The Hall–Kier alpha value is -0.280. The molecule has 2 aliphatic rings. The first-order valence-corrected chi connectivity index (χ1v) is 8.28. The van der Waals surface area contributed by atoms with Gasteiger partial charge in [-0.2, -0.15) is 0 Å². The van der Waals surface area contributed by atoms with Crippen LogP contribution < -0.4 is 10.6 Å². The lowest BCUT2D eigenvalue weighted by Gasteiger charge is -2.19. The second-order valence-corrected chi connectivity index (χ2v) is 6.43. The third kappa shape index (κ3) is 5.61. The van der Waals surface area contributed by atoms with Crippen molar-refractivity contribution in [2.45, 2.75) is 58.3 Å². The van der Waals surface area contributed by atoms with E-state index >= 15 is 0 Å². The lowest BCUT2D eigenvalue weighted by atomic mass is 9.90. The Bertz CT molecular complexity index is 274. The molecule has 2 atom stereocenters. The van der Waals surface area contributed by atoms with Crippen LogP contribution >= 0.6 is 12.4 Å². The normalized spacial score (nSPS) is 24.4. The van der Waals surface area contributed by atoms with Crippen molar-refractivity contribution in [2.24, 2.45) is 17.8 Å². The van der Waals surface area contributed by atoms with E-state index in [1.165, 1.54) is 32.1 Å². The highest BCUT2D eigenvalue weighted by molar-refractivity contribution is 5.85. The van der Waals surface area contributed by atoms with Crippen LogP contribution in [0.5, 0.6) is 0 Å². The lowest BCUT2D eigenvalue weighted by molar-refractivity contribution is -0.125. The molecule has 0 bridgehead atoms. The summed E-state index contributed by atoms with van der Waals surface area (Å²) >= 11 is 0. The summed E-state index contributed by atoms with van der Waals surface area (Å²) in [7, 11) is 0. The molecular weight excluding hydrogens is 272 g/mol. The highest BCUT2D eigenvalue weighted by Gasteiger charge is 2.24. The smallest absolute Gasteiger partial charge is 0.223 e. The minimum absolute atomic E-state index is 0. The third-order valence-corrected chi connectivity index (χ3v) is 4.97. The average Bonchev–Trinajstić information content (AvgIpc) is 3.08. The number of carbonyl (C=O) groups excluding carboxylic acids is 1. The molecule has 2 fully saturated rings. The Balaban J connectivity index is 0.00000200. The van der Waals surface area contributed by atoms with Crippen LogP contribution in [0.1, 0.15) is 58.3 Å². The SMILES string of the molecule is CCC(CC1CCCC1)C(=O)NCCC1CCNC1.Cl. The highest BCUT2D eigenvalue weighted by Crippen LogP contribution is 2.31. The van der Waals surface area contributed by atoms with E-state index in [0.29, 0.717) is 5.91 Å². The van der Waals surface area contributed by atoms with Crippen LogP contribution in [0.25, 0.3) is 0 Å². The van der Waals surface area contributed by atoms with Crippen LogP contribution in [-0.2, 0) is 4.79 Å². The molecule has 1 saturated carbocycles. The number of amides is 1. The highest BCUT2D eigenvalue weighted by atomic mass is 35.5. The van der Waals surface area contributed by atoms with E-state index in [1.807, 2.05) is 0 Å². The van der Waals surface area contributed by atoms with Crippen LogP contribution in [0.15, 0.2) is 0 Å². The number of halogens is 1. The van der Waals surface area contributed by atoms with Gasteiger partial charge in [-0.15, -0.1) is 12.4 Å². The van der Waals surface area contributed by atoms with E-state index in [9.17, 15) is 4.79 Å². The largest absolute Gasteiger partial charge is 0.356 e.